The van der Waals surface area contributed by atoms with E-state index in [1.807, 2.05) is 25.1 Å². The number of nitro benzene ring substituents is 1. The van der Waals surface area contributed by atoms with Gasteiger partial charge in [-0.15, -0.1) is 0 Å². The maximum Gasteiger partial charge on any atom is 0.273 e. The highest BCUT2D eigenvalue weighted by molar-refractivity contribution is 5.95. The minimum absolute atomic E-state index is 0.0528. The summed E-state index contributed by atoms with van der Waals surface area (Å²) in [5, 5.41) is 13.7. The van der Waals surface area contributed by atoms with Crippen LogP contribution < -0.4 is 10.1 Å². The van der Waals surface area contributed by atoms with Gasteiger partial charge in [-0.25, -0.2) is 0 Å². The second-order valence-corrected chi connectivity index (χ2v) is 5.58. The fourth-order valence-electron chi connectivity index (χ4n) is 2.46. The number of aryl methyl sites for hydroxylation is 2. The number of nitrogens with zero attached hydrogens (tertiary/aromatic N) is 1. The quantitative estimate of drug-likeness (QED) is 0.652. The molecule has 6 heteroatoms. The van der Waals surface area contributed by atoms with Gasteiger partial charge in [-0.05, 0) is 38.0 Å². The average Bonchev–Trinajstić information content (AvgIpc) is 2.55. The Hall–Kier alpha value is -2.89. The third-order valence-corrected chi connectivity index (χ3v) is 3.78. The van der Waals surface area contributed by atoms with E-state index in [1.54, 1.807) is 26.2 Å². The molecular weight excluding hydrogens is 308 g/mol. The van der Waals surface area contributed by atoms with Crippen LogP contribution in [0.1, 0.15) is 27.0 Å². The molecular formula is C18H20N2O4. The molecule has 1 amide bonds. The first-order valence-electron chi connectivity index (χ1n) is 7.59. The molecule has 0 aliphatic rings. The average molecular weight is 328 g/mol. The molecule has 126 valence electrons. The number of hydrogen-bond acceptors (Lipinski definition) is 4. The van der Waals surface area contributed by atoms with Gasteiger partial charge in [0.05, 0.1) is 12.0 Å². The topological polar surface area (TPSA) is 81.5 Å². The maximum atomic E-state index is 12.2. The molecule has 0 spiro atoms. The number of nitro groups is 1. The fourth-order valence-corrected chi connectivity index (χ4v) is 2.46. The Morgan fingerprint density at radius 3 is 2.62 bits per heavy atom. The van der Waals surface area contributed by atoms with Crippen LogP contribution in [-0.2, 0) is 6.42 Å². The molecule has 24 heavy (non-hydrogen) atoms. The Balaban J connectivity index is 2.03. The van der Waals surface area contributed by atoms with Crippen LogP contribution in [0.2, 0.25) is 0 Å². The van der Waals surface area contributed by atoms with E-state index < -0.39 is 4.92 Å². The lowest BCUT2D eigenvalue weighted by Gasteiger charge is -2.10. The van der Waals surface area contributed by atoms with Crippen molar-refractivity contribution in [3.8, 4) is 5.75 Å². The Kier molecular flexibility index (Phi) is 5.52. The monoisotopic (exact) mass is 328 g/mol. The predicted molar refractivity (Wildman–Crippen MR) is 91.6 cm³/mol. The van der Waals surface area contributed by atoms with Crippen LogP contribution in [0.3, 0.4) is 0 Å². The van der Waals surface area contributed by atoms with Crippen molar-refractivity contribution in [2.75, 3.05) is 13.7 Å². The summed E-state index contributed by atoms with van der Waals surface area (Å²) in [4.78, 5) is 22.7. The molecule has 0 aliphatic carbocycles. The Morgan fingerprint density at radius 1 is 1.21 bits per heavy atom. The van der Waals surface area contributed by atoms with E-state index in [1.165, 1.54) is 6.07 Å². The van der Waals surface area contributed by atoms with E-state index in [0.717, 1.165) is 16.9 Å². The Bertz CT molecular complexity index is 772. The van der Waals surface area contributed by atoms with E-state index in [-0.39, 0.29) is 17.2 Å². The zero-order valence-electron chi connectivity index (χ0n) is 14.0. The molecule has 0 bridgehead atoms. The highest BCUT2D eigenvalue weighted by Gasteiger charge is 2.14. The summed E-state index contributed by atoms with van der Waals surface area (Å²) in [5.41, 5.74) is 2.88. The van der Waals surface area contributed by atoms with Gasteiger partial charge in [-0.2, -0.15) is 0 Å². The standard InChI is InChI=1S/C18H20N2O4/c1-12-4-7-17(24-3)14(10-12)8-9-19-18(21)15-6-5-13(2)16(11-15)20(22)23/h4-7,10-11H,8-9H2,1-3H3,(H,19,21). The van der Waals surface area contributed by atoms with E-state index in [9.17, 15) is 14.9 Å². The van der Waals surface area contributed by atoms with Gasteiger partial charge in [0.1, 0.15) is 5.75 Å². The van der Waals surface area contributed by atoms with E-state index in [2.05, 4.69) is 5.32 Å². The van der Waals surface area contributed by atoms with Gasteiger partial charge in [0.15, 0.2) is 0 Å². The lowest BCUT2D eigenvalue weighted by atomic mass is 10.1. The summed E-state index contributed by atoms with van der Waals surface area (Å²) >= 11 is 0. The number of nitrogens with one attached hydrogen (secondary N) is 1. The SMILES string of the molecule is COc1ccc(C)cc1CCNC(=O)c1ccc(C)c([N+](=O)[O-])c1. The zero-order chi connectivity index (χ0) is 17.7. The highest BCUT2D eigenvalue weighted by atomic mass is 16.6. The first-order chi connectivity index (χ1) is 11.4. The van der Waals surface area contributed by atoms with Crippen LogP contribution in [-0.4, -0.2) is 24.5 Å². The minimum atomic E-state index is -0.482. The summed E-state index contributed by atoms with van der Waals surface area (Å²) in [6.45, 7) is 4.05. The number of rotatable bonds is 6. The molecule has 0 fully saturated rings. The van der Waals surface area contributed by atoms with Crippen LogP contribution in [0.5, 0.6) is 5.75 Å². The number of carbonyl (C=O) groups excluding carboxylic acids is 1. The Labute approximate surface area is 140 Å². The van der Waals surface area contributed by atoms with Crippen molar-refractivity contribution in [3.05, 3.63) is 68.8 Å². The van der Waals surface area contributed by atoms with Crippen LogP contribution in [0.15, 0.2) is 36.4 Å². The zero-order valence-corrected chi connectivity index (χ0v) is 14.0. The smallest absolute Gasteiger partial charge is 0.273 e. The normalized spacial score (nSPS) is 10.3. The van der Waals surface area contributed by atoms with Gasteiger partial charge in [0.2, 0.25) is 0 Å². The molecule has 2 aromatic rings. The molecule has 0 saturated carbocycles. The molecule has 1 N–H and O–H groups in total. The summed E-state index contributed by atoms with van der Waals surface area (Å²) in [7, 11) is 1.61. The Morgan fingerprint density at radius 2 is 1.96 bits per heavy atom. The van der Waals surface area contributed by atoms with Crippen LogP contribution in [0.25, 0.3) is 0 Å². The number of ether oxygens (including phenoxy) is 1. The van der Waals surface area contributed by atoms with Crippen molar-refractivity contribution in [1.82, 2.24) is 5.32 Å². The molecule has 0 aliphatic heterocycles. The molecule has 2 rings (SSSR count). The summed E-state index contributed by atoms with van der Waals surface area (Å²) < 4.78 is 5.31. The third-order valence-electron chi connectivity index (χ3n) is 3.78. The molecule has 0 saturated heterocycles. The summed E-state index contributed by atoms with van der Waals surface area (Å²) in [6, 6.07) is 10.4. The first kappa shape index (κ1) is 17.5. The number of methoxy groups -OCH3 is 1. The van der Waals surface area contributed by atoms with E-state index in [0.29, 0.717) is 18.5 Å². The molecule has 0 atom stereocenters. The summed E-state index contributed by atoms with van der Waals surface area (Å²) in [5.74, 6) is 0.450. The fraction of sp³-hybridized carbons (Fsp3) is 0.278. The van der Waals surface area contributed by atoms with Crippen molar-refractivity contribution in [2.24, 2.45) is 0 Å². The van der Waals surface area contributed by atoms with Gasteiger partial charge < -0.3 is 10.1 Å². The van der Waals surface area contributed by atoms with E-state index >= 15 is 0 Å². The van der Waals surface area contributed by atoms with Crippen LogP contribution in [0, 0.1) is 24.0 Å². The van der Waals surface area contributed by atoms with Crippen molar-refractivity contribution < 1.29 is 14.5 Å². The number of benzene rings is 2. The third kappa shape index (κ3) is 4.10. The van der Waals surface area contributed by atoms with Gasteiger partial charge in [0, 0.05) is 23.7 Å². The molecule has 0 aromatic heterocycles. The number of hydrogen-bond donors (Lipinski definition) is 1. The molecule has 0 unspecified atom stereocenters. The maximum absolute atomic E-state index is 12.2. The van der Waals surface area contributed by atoms with Gasteiger partial charge in [0.25, 0.3) is 11.6 Å². The predicted octanol–water partition coefficient (Wildman–Crippen LogP) is 3.19. The summed E-state index contributed by atoms with van der Waals surface area (Å²) in [6.07, 6.45) is 0.616. The van der Waals surface area contributed by atoms with Gasteiger partial charge >= 0.3 is 0 Å². The minimum Gasteiger partial charge on any atom is -0.496 e. The van der Waals surface area contributed by atoms with Crippen LogP contribution >= 0.6 is 0 Å². The van der Waals surface area contributed by atoms with Gasteiger partial charge in [-0.3, -0.25) is 14.9 Å². The van der Waals surface area contributed by atoms with Gasteiger partial charge in [-0.1, -0.05) is 23.8 Å². The van der Waals surface area contributed by atoms with Crippen molar-refractivity contribution >= 4 is 11.6 Å². The molecule has 6 nitrogen and oxygen atoms in total. The lowest BCUT2D eigenvalue weighted by Crippen LogP contribution is -2.25. The largest absolute Gasteiger partial charge is 0.496 e. The molecule has 0 heterocycles. The van der Waals surface area contributed by atoms with Crippen molar-refractivity contribution in [2.45, 2.75) is 20.3 Å². The van der Waals surface area contributed by atoms with Crippen molar-refractivity contribution in [3.63, 3.8) is 0 Å². The van der Waals surface area contributed by atoms with Crippen molar-refractivity contribution in [1.29, 1.82) is 0 Å². The number of carbonyl (C=O) groups is 1. The first-order valence-corrected chi connectivity index (χ1v) is 7.59. The second kappa shape index (κ2) is 7.59. The molecule has 0 radical (unpaired) electrons. The second-order valence-electron chi connectivity index (χ2n) is 5.58. The number of amides is 1. The van der Waals surface area contributed by atoms with E-state index in [4.69, 9.17) is 4.74 Å². The molecule has 2 aromatic carbocycles. The lowest BCUT2D eigenvalue weighted by molar-refractivity contribution is -0.385. The highest BCUT2D eigenvalue weighted by Crippen LogP contribution is 2.21. The van der Waals surface area contributed by atoms with Crippen LogP contribution in [0.4, 0.5) is 5.69 Å².